The van der Waals surface area contributed by atoms with Crippen molar-refractivity contribution in [3.05, 3.63) is 65.7 Å². The molecule has 0 aliphatic rings. The lowest BCUT2D eigenvalue weighted by Crippen LogP contribution is -1.96. The van der Waals surface area contributed by atoms with Crippen LogP contribution in [0.1, 0.15) is 15.9 Å². The molecule has 0 aromatic heterocycles. The second-order valence-electron chi connectivity index (χ2n) is 5.18. The first-order valence-electron chi connectivity index (χ1n) is 7.02. The fraction of sp³-hybridized carbons (Fsp3) is 0.0556. The molecular formula is C18H14N2O3. The molecule has 23 heavy (non-hydrogen) atoms. The minimum atomic E-state index is -1.06. The van der Waals surface area contributed by atoms with E-state index in [1.807, 2.05) is 31.2 Å². The quantitative estimate of drug-likeness (QED) is 0.670. The Morgan fingerprint density at radius 2 is 1.65 bits per heavy atom. The van der Waals surface area contributed by atoms with Crippen molar-refractivity contribution in [1.82, 2.24) is 0 Å². The molecule has 114 valence electrons. The van der Waals surface area contributed by atoms with E-state index in [1.165, 1.54) is 6.07 Å². The molecule has 0 saturated carbocycles. The molecule has 5 nitrogen and oxygen atoms in total. The second kappa shape index (κ2) is 5.88. The Balaban J connectivity index is 2.04. The van der Waals surface area contributed by atoms with Gasteiger partial charge in [-0.2, -0.15) is 0 Å². The zero-order valence-corrected chi connectivity index (χ0v) is 12.4. The first-order chi connectivity index (χ1) is 11.1. The fourth-order valence-electron chi connectivity index (χ4n) is 2.34. The van der Waals surface area contributed by atoms with E-state index in [0.717, 1.165) is 10.9 Å². The molecule has 3 rings (SSSR count). The number of phenols is 1. The Labute approximate surface area is 132 Å². The number of carboxylic acids is 1. The molecule has 0 atom stereocenters. The molecule has 0 radical (unpaired) electrons. The highest BCUT2D eigenvalue weighted by Crippen LogP contribution is 2.35. The van der Waals surface area contributed by atoms with E-state index in [1.54, 1.807) is 24.3 Å². The van der Waals surface area contributed by atoms with E-state index in [0.29, 0.717) is 11.1 Å². The Morgan fingerprint density at radius 3 is 2.43 bits per heavy atom. The highest BCUT2D eigenvalue weighted by atomic mass is 16.4. The van der Waals surface area contributed by atoms with Crippen LogP contribution in [0.3, 0.4) is 0 Å². The van der Waals surface area contributed by atoms with Gasteiger partial charge < -0.3 is 10.2 Å². The minimum Gasteiger partial charge on any atom is -0.505 e. The van der Waals surface area contributed by atoms with Gasteiger partial charge in [-0.15, -0.1) is 10.2 Å². The Hall–Kier alpha value is -3.21. The van der Waals surface area contributed by atoms with Crippen molar-refractivity contribution in [2.24, 2.45) is 10.2 Å². The van der Waals surface area contributed by atoms with Gasteiger partial charge in [0.15, 0.2) is 5.75 Å². The van der Waals surface area contributed by atoms with Crippen LogP contribution in [0.4, 0.5) is 11.4 Å². The molecule has 0 saturated heterocycles. The van der Waals surface area contributed by atoms with Crippen LogP contribution in [0.25, 0.3) is 10.8 Å². The highest BCUT2D eigenvalue weighted by Gasteiger charge is 2.10. The summed E-state index contributed by atoms with van der Waals surface area (Å²) in [5.74, 6) is -1.04. The van der Waals surface area contributed by atoms with Gasteiger partial charge >= 0.3 is 5.97 Å². The van der Waals surface area contributed by atoms with Crippen LogP contribution in [-0.4, -0.2) is 16.2 Å². The molecule has 0 spiro atoms. The maximum atomic E-state index is 11.3. The number of hydrogen-bond donors (Lipinski definition) is 2. The SMILES string of the molecule is Cc1ccc(N=Nc2ccc3ccccc3c2O)c(C(=O)O)c1. The summed E-state index contributed by atoms with van der Waals surface area (Å²) in [5.41, 5.74) is 1.44. The number of fused-ring (bicyclic) bond motifs is 1. The molecule has 3 aromatic carbocycles. The molecule has 0 aliphatic heterocycles. The largest absolute Gasteiger partial charge is 0.505 e. The molecule has 0 heterocycles. The molecule has 0 amide bonds. The standard InChI is InChI=1S/C18H14N2O3/c1-11-6-8-15(14(10-11)18(22)23)19-20-16-9-7-12-4-2-3-5-13(12)17(16)21/h2-10,21H,1H3,(H,22,23). The van der Waals surface area contributed by atoms with Crippen molar-refractivity contribution in [3.8, 4) is 5.75 Å². The lowest BCUT2D eigenvalue weighted by atomic mass is 10.1. The predicted octanol–water partition coefficient (Wildman–Crippen LogP) is 4.97. The van der Waals surface area contributed by atoms with Gasteiger partial charge in [-0.1, -0.05) is 42.0 Å². The zero-order valence-electron chi connectivity index (χ0n) is 12.4. The number of aromatic hydroxyl groups is 1. The molecule has 0 bridgehead atoms. The molecule has 0 aliphatic carbocycles. The van der Waals surface area contributed by atoms with Gasteiger partial charge in [0.2, 0.25) is 0 Å². The number of benzene rings is 3. The minimum absolute atomic E-state index is 0.0239. The van der Waals surface area contributed by atoms with Crippen molar-refractivity contribution in [2.45, 2.75) is 6.92 Å². The number of aromatic carboxylic acids is 1. The van der Waals surface area contributed by atoms with E-state index in [9.17, 15) is 15.0 Å². The number of carboxylic acid groups (broad SMARTS) is 1. The van der Waals surface area contributed by atoms with Gasteiger partial charge in [-0.25, -0.2) is 4.79 Å². The van der Waals surface area contributed by atoms with E-state index in [4.69, 9.17) is 0 Å². The number of aryl methyl sites for hydroxylation is 1. The summed E-state index contributed by atoms with van der Waals surface area (Å²) < 4.78 is 0. The van der Waals surface area contributed by atoms with E-state index in [2.05, 4.69) is 10.2 Å². The van der Waals surface area contributed by atoms with Crippen LogP contribution >= 0.6 is 0 Å². The van der Waals surface area contributed by atoms with Gasteiger partial charge in [0.05, 0.1) is 5.56 Å². The molecule has 5 heteroatoms. The Bertz CT molecular complexity index is 933. The summed E-state index contributed by atoms with van der Waals surface area (Å²) >= 11 is 0. The summed E-state index contributed by atoms with van der Waals surface area (Å²) in [4.78, 5) is 11.3. The van der Waals surface area contributed by atoms with E-state index in [-0.39, 0.29) is 17.0 Å². The fourth-order valence-corrected chi connectivity index (χ4v) is 2.34. The highest BCUT2D eigenvalue weighted by molar-refractivity contribution is 5.94. The molecule has 0 unspecified atom stereocenters. The lowest BCUT2D eigenvalue weighted by molar-refractivity contribution is 0.0697. The van der Waals surface area contributed by atoms with Gasteiger partial charge in [0.1, 0.15) is 11.4 Å². The number of azo groups is 1. The van der Waals surface area contributed by atoms with Crippen molar-refractivity contribution < 1.29 is 15.0 Å². The number of carbonyl (C=O) groups is 1. The summed E-state index contributed by atoms with van der Waals surface area (Å²) in [6, 6.07) is 15.8. The average molecular weight is 306 g/mol. The number of nitrogens with zero attached hydrogens (tertiary/aromatic N) is 2. The van der Waals surface area contributed by atoms with Crippen molar-refractivity contribution in [2.75, 3.05) is 0 Å². The number of rotatable bonds is 3. The maximum Gasteiger partial charge on any atom is 0.337 e. The monoisotopic (exact) mass is 306 g/mol. The maximum absolute atomic E-state index is 11.3. The van der Waals surface area contributed by atoms with Crippen molar-refractivity contribution >= 4 is 28.1 Å². The van der Waals surface area contributed by atoms with Crippen molar-refractivity contribution in [3.63, 3.8) is 0 Å². The van der Waals surface area contributed by atoms with Crippen LogP contribution in [0.5, 0.6) is 5.75 Å². The first kappa shape index (κ1) is 14.7. The summed E-state index contributed by atoms with van der Waals surface area (Å²) in [5, 5.41) is 29.1. The van der Waals surface area contributed by atoms with E-state index >= 15 is 0 Å². The van der Waals surface area contributed by atoms with Crippen molar-refractivity contribution in [1.29, 1.82) is 0 Å². The number of phenolic OH excluding ortho intramolecular Hbond substituents is 1. The van der Waals surface area contributed by atoms with E-state index < -0.39 is 5.97 Å². The van der Waals surface area contributed by atoms with Crippen LogP contribution in [0.15, 0.2) is 64.8 Å². The molecule has 0 fully saturated rings. The summed E-state index contributed by atoms with van der Waals surface area (Å²) in [6.07, 6.45) is 0. The number of hydrogen-bond acceptors (Lipinski definition) is 4. The second-order valence-corrected chi connectivity index (χ2v) is 5.18. The molecular weight excluding hydrogens is 292 g/mol. The van der Waals surface area contributed by atoms with Crippen LogP contribution in [0, 0.1) is 6.92 Å². The smallest absolute Gasteiger partial charge is 0.337 e. The van der Waals surface area contributed by atoms with Gasteiger partial charge in [-0.3, -0.25) is 0 Å². The Kier molecular flexibility index (Phi) is 3.76. The summed E-state index contributed by atoms with van der Waals surface area (Å²) in [7, 11) is 0. The van der Waals surface area contributed by atoms with Crippen LogP contribution in [0.2, 0.25) is 0 Å². The third-order valence-electron chi connectivity index (χ3n) is 3.53. The van der Waals surface area contributed by atoms with Gasteiger partial charge in [0.25, 0.3) is 0 Å². The third kappa shape index (κ3) is 2.89. The normalized spacial score (nSPS) is 11.2. The Morgan fingerprint density at radius 1 is 0.957 bits per heavy atom. The lowest BCUT2D eigenvalue weighted by Gasteiger charge is -2.04. The van der Waals surface area contributed by atoms with Gasteiger partial charge in [-0.05, 0) is 30.5 Å². The topological polar surface area (TPSA) is 82.2 Å². The van der Waals surface area contributed by atoms with Crippen LogP contribution in [-0.2, 0) is 0 Å². The predicted molar refractivity (Wildman–Crippen MR) is 87.9 cm³/mol. The molecule has 3 aromatic rings. The van der Waals surface area contributed by atoms with Gasteiger partial charge in [0, 0.05) is 5.39 Å². The first-order valence-corrected chi connectivity index (χ1v) is 7.02. The zero-order chi connectivity index (χ0) is 16.4. The third-order valence-corrected chi connectivity index (χ3v) is 3.53. The van der Waals surface area contributed by atoms with Crippen LogP contribution < -0.4 is 0 Å². The summed E-state index contributed by atoms with van der Waals surface area (Å²) in [6.45, 7) is 1.81. The molecule has 2 N–H and O–H groups in total. The average Bonchev–Trinajstić information content (AvgIpc) is 2.55.